The number of benzene rings is 2. The fourth-order valence-corrected chi connectivity index (χ4v) is 3.11. The van der Waals surface area contributed by atoms with Crippen LogP contribution in [0.2, 0.25) is 0 Å². The van der Waals surface area contributed by atoms with E-state index in [9.17, 15) is 4.79 Å². The largest absolute Gasteiger partial charge is 0.493 e. The van der Waals surface area contributed by atoms with E-state index in [0.717, 1.165) is 35.2 Å². The molecule has 0 unspecified atom stereocenters. The summed E-state index contributed by atoms with van der Waals surface area (Å²) in [6, 6.07) is 13.9. The quantitative estimate of drug-likeness (QED) is 0.575. The van der Waals surface area contributed by atoms with Gasteiger partial charge in [-0.05, 0) is 56.0 Å². The number of nitrogens with zero attached hydrogens (tertiary/aromatic N) is 2. The van der Waals surface area contributed by atoms with Gasteiger partial charge in [0.15, 0.2) is 0 Å². The molecule has 0 aliphatic rings. The summed E-state index contributed by atoms with van der Waals surface area (Å²) < 4.78 is 7.59. The van der Waals surface area contributed by atoms with Crippen molar-refractivity contribution < 1.29 is 9.53 Å². The van der Waals surface area contributed by atoms with E-state index in [1.165, 1.54) is 5.56 Å². The number of hydrogen-bond donors (Lipinski definition) is 0. The highest BCUT2D eigenvalue weighted by Gasteiger charge is 2.29. The van der Waals surface area contributed by atoms with E-state index in [1.807, 2.05) is 45.0 Å². The lowest BCUT2D eigenvalue weighted by atomic mass is 9.86. The van der Waals surface area contributed by atoms with E-state index in [0.29, 0.717) is 6.61 Å². The standard InChI is InChI=1S/C22H26N2O2/c1-16-10-11-17(2)20(14-16)26-13-7-12-22(3,4)21(25)24-15-23-18-8-5-6-9-19(18)24/h5-6,8-11,14-15H,7,12-13H2,1-4H3. The van der Waals surface area contributed by atoms with Gasteiger partial charge in [0.2, 0.25) is 5.91 Å². The summed E-state index contributed by atoms with van der Waals surface area (Å²) in [5.74, 6) is 0.993. The average molecular weight is 350 g/mol. The van der Waals surface area contributed by atoms with Gasteiger partial charge in [-0.25, -0.2) is 4.98 Å². The smallest absolute Gasteiger partial charge is 0.237 e. The second-order valence-corrected chi connectivity index (χ2v) is 7.51. The Morgan fingerprint density at radius 1 is 1.15 bits per heavy atom. The summed E-state index contributed by atoms with van der Waals surface area (Å²) in [4.78, 5) is 17.3. The molecule has 2 aromatic carbocycles. The normalized spacial score (nSPS) is 11.7. The van der Waals surface area contributed by atoms with Gasteiger partial charge in [0, 0.05) is 5.41 Å². The number of rotatable bonds is 6. The number of aryl methyl sites for hydroxylation is 2. The number of fused-ring (bicyclic) bond motifs is 1. The topological polar surface area (TPSA) is 44.1 Å². The number of aromatic nitrogens is 2. The molecule has 4 nitrogen and oxygen atoms in total. The number of imidazole rings is 1. The first-order valence-electron chi connectivity index (χ1n) is 9.05. The van der Waals surface area contributed by atoms with Gasteiger partial charge in [-0.1, -0.05) is 38.1 Å². The summed E-state index contributed by atoms with van der Waals surface area (Å²) in [6.07, 6.45) is 3.20. The molecule has 1 heterocycles. The Kier molecular flexibility index (Phi) is 5.12. The minimum Gasteiger partial charge on any atom is -0.493 e. The average Bonchev–Trinajstić information content (AvgIpc) is 3.04. The maximum atomic E-state index is 13.0. The Morgan fingerprint density at radius 2 is 1.92 bits per heavy atom. The molecule has 0 spiro atoms. The molecule has 26 heavy (non-hydrogen) atoms. The van der Waals surface area contributed by atoms with Crippen molar-refractivity contribution in [1.29, 1.82) is 0 Å². The third kappa shape index (κ3) is 3.79. The Hall–Kier alpha value is -2.62. The molecule has 0 saturated heterocycles. The van der Waals surface area contributed by atoms with Crippen molar-refractivity contribution in [2.45, 2.75) is 40.5 Å². The molecule has 0 fully saturated rings. The van der Waals surface area contributed by atoms with Crippen molar-refractivity contribution in [3.63, 3.8) is 0 Å². The van der Waals surface area contributed by atoms with Gasteiger partial charge in [0.1, 0.15) is 12.1 Å². The molecule has 0 N–H and O–H groups in total. The van der Waals surface area contributed by atoms with Crippen LogP contribution in [0.15, 0.2) is 48.8 Å². The predicted molar refractivity (Wildman–Crippen MR) is 105 cm³/mol. The Bertz CT molecular complexity index is 925. The van der Waals surface area contributed by atoms with Crippen LogP contribution in [-0.2, 0) is 0 Å². The Balaban J connectivity index is 1.61. The molecule has 136 valence electrons. The Morgan fingerprint density at radius 3 is 2.73 bits per heavy atom. The van der Waals surface area contributed by atoms with Crippen LogP contribution in [0.3, 0.4) is 0 Å². The minimum atomic E-state index is -0.478. The molecule has 0 bridgehead atoms. The summed E-state index contributed by atoms with van der Waals surface area (Å²) in [5, 5.41) is 0. The van der Waals surface area contributed by atoms with Crippen LogP contribution in [0.25, 0.3) is 11.0 Å². The molecule has 0 amide bonds. The van der Waals surface area contributed by atoms with E-state index in [4.69, 9.17) is 4.74 Å². The fraction of sp³-hybridized carbons (Fsp3) is 0.364. The third-order valence-corrected chi connectivity index (χ3v) is 4.80. The van der Waals surface area contributed by atoms with Crippen molar-refractivity contribution in [3.05, 3.63) is 59.9 Å². The molecule has 3 rings (SSSR count). The molecule has 1 aromatic heterocycles. The molecule has 0 aliphatic carbocycles. The zero-order valence-corrected chi connectivity index (χ0v) is 16.0. The number of ether oxygens (including phenoxy) is 1. The molecule has 4 heteroatoms. The first-order chi connectivity index (χ1) is 12.4. The lowest BCUT2D eigenvalue weighted by Gasteiger charge is -2.23. The number of carbonyl (C=O) groups is 1. The predicted octanol–water partition coefficient (Wildman–Crippen LogP) is 5.18. The minimum absolute atomic E-state index is 0.0675. The van der Waals surface area contributed by atoms with E-state index >= 15 is 0 Å². The highest BCUT2D eigenvalue weighted by Crippen LogP contribution is 2.27. The van der Waals surface area contributed by atoms with Gasteiger partial charge in [-0.15, -0.1) is 0 Å². The number of carbonyl (C=O) groups excluding carboxylic acids is 1. The first-order valence-corrected chi connectivity index (χ1v) is 9.05. The van der Waals surface area contributed by atoms with Gasteiger partial charge < -0.3 is 4.74 Å². The van der Waals surface area contributed by atoms with Crippen LogP contribution in [0.4, 0.5) is 0 Å². The second-order valence-electron chi connectivity index (χ2n) is 7.51. The monoisotopic (exact) mass is 350 g/mol. The molecular formula is C22H26N2O2. The van der Waals surface area contributed by atoms with E-state index in [-0.39, 0.29) is 5.91 Å². The van der Waals surface area contributed by atoms with E-state index in [2.05, 4.69) is 30.1 Å². The zero-order valence-electron chi connectivity index (χ0n) is 16.0. The first kappa shape index (κ1) is 18.2. The number of hydrogen-bond acceptors (Lipinski definition) is 3. The van der Waals surface area contributed by atoms with Crippen LogP contribution in [0.1, 0.15) is 42.6 Å². The summed E-state index contributed by atoms with van der Waals surface area (Å²) in [6.45, 7) is 8.69. The highest BCUT2D eigenvalue weighted by atomic mass is 16.5. The maximum Gasteiger partial charge on any atom is 0.237 e. The van der Waals surface area contributed by atoms with Crippen molar-refractivity contribution >= 4 is 16.9 Å². The lowest BCUT2D eigenvalue weighted by Crippen LogP contribution is -2.29. The van der Waals surface area contributed by atoms with Crippen LogP contribution in [0.5, 0.6) is 5.75 Å². The zero-order chi connectivity index (χ0) is 18.7. The molecule has 0 radical (unpaired) electrons. The molecule has 0 aliphatic heterocycles. The van der Waals surface area contributed by atoms with Crippen molar-refractivity contribution in [1.82, 2.24) is 9.55 Å². The van der Waals surface area contributed by atoms with Crippen LogP contribution in [-0.4, -0.2) is 22.1 Å². The SMILES string of the molecule is Cc1ccc(C)c(OCCCC(C)(C)C(=O)n2cnc3ccccc32)c1. The lowest BCUT2D eigenvalue weighted by molar-refractivity contribution is 0.0729. The molecule has 0 saturated carbocycles. The van der Waals surface area contributed by atoms with E-state index < -0.39 is 5.41 Å². The van der Waals surface area contributed by atoms with Gasteiger partial charge in [-0.3, -0.25) is 9.36 Å². The van der Waals surface area contributed by atoms with Gasteiger partial charge in [0.05, 0.1) is 17.6 Å². The van der Waals surface area contributed by atoms with Crippen LogP contribution >= 0.6 is 0 Å². The Labute approximate surface area is 154 Å². The molecule has 0 atom stereocenters. The van der Waals surface area contributed by atoms with Crippen molar-refractivity contribution in [2.24, 2.45) is 5.41 Å². The second kappa shape index (κ2) is 7.32. The highest BCUT2D eigenvalue weighted by molar-refractivity contribution is 5.93. The summed E-state index contributed by atoms with van der Waals surface area (Å²) in [5.41, 5.74) is 3.55. The van der Waals surface area contributed by atoms with Crippen LogP contribution in [0, 0.1) is 19.3 Å². The summed E-state index contributed by atoms with van der Waals surface area (Å²) >= 11 is 0. The van der Waals surface area contributed by atoms with E-state index in [1.54, 1.807) is 10.9 Å². The van der Waals surface area contributed by atoms with Gasteiger partial charge in [-0.2, -0.15) is 0 Å². The summed E-state index contributed by atoms with van der Waals surface area (Å²) in [7, 11) is 0. The molecular weight excluding hydrogens is 324 g/mol. The van der Waals surface area contributed by atoms with Crippen LogP contribution < -0.4 is 4.74 Å². The van der Waals surface area contributed by atoms with Crippen molar-refractivity contribution in [2.75, 3.05) is 6.61 Å². The molecule has 3 aromatic rings. The number of para-hydroxylation sites is 2. The van der Waals surface area contributed by atoms with Gasteiger partial charge in [0.25, 0.3) is 0 Å². The van der Waals surface area contributed by atoms with Gasteiger partial charge >= 0.3 is 0 Å². The van der Waals surface area contributed by atoms with Crippen molar-refractivity contribution in [3.8, 4) is 5.75 Å². The maximum absolute atomic E-state index is 13.0. The fourth-order valence-electron chi connectivity index (χ4n) is 3.11. The third-order valence-electron chi connectivity index (χ3n) is 4.80.